The summed E-state index contributed by atoms with van der Waals surface area (Å²) in [7, 11) is 1.14. The molecule has 0 aromatic heterocycles. The zero-order valence-electron chi connectivity index (χ0n) is 45.2. The van der Waals surface area contributed by atoms with Gasteiger partial charge < -0.3 is 27.9 Å². The van der Waals surface area contributed by atoms with Crippen LogP contribution in [0.1, 0.15) is 206 Å². The quantitative estimate of drug-likeness (QED) is 0.0195. The number of allylic oxidation sites excluding steroid dienone is 18. The molecule has 0 aliphatic carbocycles. The van der Waals surface area contributed by atoms with E-state index in [1.165, 1.54) is 64.2 Å². The predicted octanol–water partition coefficient (Wildman–Crippen LogP) is 16.4. The number of esters is 2. The normalized spacial score (nSPS) is 14.2. The summed E-state index contributed by atoms with van der Waals surface area (Å²) in [6, 6.07) is 0. The average molecular weight is 996 g/mol. The number of hydrogen-bond donors (Lipinski definition) is 0. The van der Waals surface area contributed by atoms with Crippen LogP contribution in [-0.4, -0.2) is 70.0 Å². The van der Waals surface area contributed by atoms with Crippen LogP contribution < -0.4 is 4.89 Å². The molecule has 70 heavy (non-hydrogen) atoms. The molecule has 0 rings (SSSR count). The van der Waals surface area contributed by atoms with Gasteiger partial charge in [-0.15, -0.1) is 0 Å². The number of carbonyl (C=O) groups excluding carboxylic acids is 2. The summed E-state index contributed by atoms with van der Waals surface area (Å²) in [4.78, 5) is 37.7. The van der Waals surface area contributed by atoms with Gasteiger partial charge in [0.25, 0.3) is 7.82 Å². The van der Waals surface area contributed by atoms with E-state index in [9.17, 15) is 19.0 Å². The highest BCUT2D eigenvalue weighted by Gasteiger charge is 2.21. The number of phosphoric acid groups is 1. The van der Waals surface area contributed by atoms with E-state index < -0.39 is 32.5 Å². The van der Waals surface area contributed by atoms with Crippen molar-refractivity contribution in [3.05, 3.63) is 109 Å². The third kappa shape index (κ3) is 54.0. The van der Waals surface area contributed by atoms with Crippen LogP contribution >= 0.6 is 7.82 Å². The minimum Gasteiger partial charge on any atom is -0.756 e. The SMILES string of the molecule is CC/C=C\C/C=C\C/C=C\C/C=C\C/C=C\C/C=C\C/C=C\C/C=C\C/C=C\CCCCCCCC(=O)OC(COC(=O)CCCCCCCCCCCCCCC)COP(=O)([O-])OCC[N+](C)(C)C. The molecule has 2 atom stereocenters. The lowest BCUT2D eigenvalue weighted by Crippen LogP contribution is -2.37. The van der Waals surface area contributed by atoms with E-state index in [2.05, 4.69) is 123 Å². The summed E-state index contributed by atoms with van der Waals surface area (Å²) in [5, 5.41) is 0. The van der Waals surface area contributed by atoms with E-state index >= 15 is 0 Å². The fourth-order valence-electron chi connectivity index (χ4n) is 7.06. The Balaban J connectivity index is 4.23. The van der Waals surface area contributed by atoms with E-state index in [0.717, 1.165) is 109 Å². The Hall–Kier alpha value is -3.33. The minimum absolute atomic E-state index is 0.0395. The van der Waals surface area contributed by atoms with Gasteiger partial charge in [0.1, 0.15) is 19.8 Å². The van der Waals surface area contributed by atoms with Gasteiger partial charge in [-0.2, -0.15) is 0 Å². The molecule has 0 saturated heterocycles. The number of unbranched alkanes of at least 4 members (excludes halogenated alkanes) is 17. The molecular formula is C60H102NO8P. The Morgan fingerprint density at radius 2 is 0.814 bits per heavy atom. The molecule has 0 amide bonds. The Kier molecular flexibility index (Phi) is 48.2. The number of ether oxygens (including phenoxy) is 2. The molecule has 0 radical (unpaired) electrons. The second-order valence-electron chi connectivity index (χ2n) is 19.2. The first-order valence-corrected chi connectivity index (χ1v) is 29.1. The van der Waals surface area contributed by atoms with Crippen LogP contribution in [0.25, 0.3) is 0 Å². The number of rotatable bonds is 49. The van der Waals surface area contributed by atoms with Crippen LogP contribution in [0.5, 0.6) is 0 Å². The fraction of sp³-hybridized carbons (Fsp3) is 0.667. The zero-order valence-corrected chi connectivity index (χ0v) is 46.1. The van der Waals surface area contributed by atoms with E-state index in [1.54, 1.807) is 0 Å². The Bertz CT molecular complexity index is 1550. The van der Waals surface area contributed by atoms with Crippen LogP contribution in [-0.2, 0) is 32.7 Å². The molecule has 0 heterocycles. The summed E-state index contributed by atoms with van der Waals surface area (Å²) in [5.74, 6) is -0.861. The first kappa shape index (κ1) is 66.7. The number of nitrogens with zero attached hydrogens (tertiary/aromatic N) is 1. The van der Waals surface area contributed by atoms with Crippen molar-refractivity contribution < 1.29 is 42.1 Å². The fourth-order valence-corrected chi connectivity index (χ4v) is 7.79. The van der Waals surface area contributed by atoms with Crippen molar-refractivity contribution in [2.24, 2.45) is 0 Å². The molecule has 9 nitrogen and oxygen atoms in total. The Labute approximate surface area is 429 Å². The maximum absolute atomic E-state index is 12.8. The standard InChI is InChI=1S/C60H102NO8P/c1-6-8-10-12-14-16-18-20-21-22-23-24-25-26-27-28-29-30-31-32-33-34-35-36-37-38-39-41-43-45-47-49-51-53-60(63)69-58(57-68-70(64,65)67-55-54-61(3,4)5)56-66-59(62)52-50-48-46-44-42-40-19-17-15-13-11-9-7-2/h8,10,14,16,20-21,23-24,26-27,29-30,32-33,35-36,38-39,58H,6-7,9,11-13,15,17-19,22,25,28,31,34,37,40-57H2,1-5H3/b10-8-,16-14-,21-20-,24-23-,27-26-,30-29-,33-32-,36-35-,39-38-. The number of likely N-dealkylation sites (N-methyl/N-ethyl adjacent to an activating group) is 1. The van der Waals surface area contributed by atoms with Gasteiger partial charge in [0.15, 0.2) is 6.10 Å². The second-order valence-corrected chi connectivity index (χ2v) is 20.6. The Morgan fingerprint density at radius 3 is 1.21 bits per heavy atom. The molecule has 0 bridgehead atoms. The molecule has 0 saturated carbocycles. The first-order valence-electron chi connectivity index (χ1n) is 27.6. The van der Waals surface area contributed by atoms with Gasteiger partial charge in [-0.1, -0.05) is 220 Å². The topological polar surface area (TPSA) is 111 Å². The van der Waals surface area contributed by atoms with E-state index in [1.807, 2.05) is 21.1 Å². The van der Waals surface area contributed by atoms with E-state index in [0.29, 0.717) is 17.4 Å². The van der Waals surface area contributed by atoms with Gasteiger partial charge in [-0.25, -0.2) is 0 Å². The number of hydrogen-bond acceptors (Lipinski definition) is 8. The van der Waals surface area contributed by atoms with Gasteiger partial charge in [0.2, 0.25) is 0 Å². The van der Waals surface area contributed by atoms with Gasteiger partial charge >= 0.3 is 11.9 Å². The molecule has 0 aromatic carbocycles. The highest BCUT2D eigenvalue weighted by Crippen LogP contribution is 2.38. The summed E-state index contributed by atoms with van der Waals surface area (Å²) in [5.41, 5.74) is 0. The summed E-state index contributed by atoms with van der Waals surface area (Å²) in [6.07, 6.45) is 69.9. The summed E-state index contributed by atoms with van der Waals surface area (Å²) in [6.45, 7) is 4.08. The minimum atomic E-state index is -4.64. The molecule has 2 unspecified atom stereocenters. The maximum atomic E-state index is 12.8. The Morgan fingerprint density at radius 1 is 0.457 bits per heavy atom. The van der Waals surface area contributed by atoms with Gasteiger partial charge in [0, 0.05) is 12.8 Å². The van der Waals surface area contributed by atoms with Crippen LogP contribution in [0.4, 0.5) is 0 Å². The summed E-state index contributed by atoms with van der Waals surface area (Å²) >= 11 is 0. The predicted molar refractivity (Wildman–Crippen MR) is 295 cm³/mol. The van der Waals surface area contributed by atoms with Crippen molar-refractivity contribution in [3.8, 4) is 0 Å². The van der Waals surface area contributed by atoms with Crippen LogP contribution in [0, 0.1) is 0 Å². The largest absolute Gasteiger partial charge is 0.756 e. The van der Waals surface area contributed by atoms with Crippen molar-refractivity contribution in [1.82, 2.24) is 0 Å². The van der Waals surface area contributed by atoms with Gasteiger partial charge in [-0.05, 0) is 83.5 Å². The molecule has 400 valence electrons. The van der Waals surface area contributed by atoms with Crippen molar-refractivity contribution >= 4 is 19.8 Å². The molecule has 0 spiro atoms. The molecule has 10 heteroatoms. The van der Waals surface area contributed by atoms with E-state index in [4.69, 9.17) is 18.5 Å². The lowest BCUT2D eigenvalue weighted by molar-refractivity contribution is -0.870. The first-order chi connectivity index (χ1) is 34.0. The molecular weight excluding hydrogens is 894 g/mol. The molecule has 0 aliphatic rings. The van der Waals surface area contributed by atoms with Gasteiger partial charge in [0.05, 0.1) is 27.7 Å². The van der Waals surface area contributed by atoms with Crippen LogP contribution in [0.15, 0.2) is 109 Å². The van der Waals surface area contributed by atoms with Crippen molar-refractivity contribution in [3.63, 3.8) is 0 Å². The molecule has 0 aromatic rings. The lowest BCUT2D eigenvalue weighted by Gasteiger charge is -2.28. The number of quaternary nitrogens is 1. The van der Waals surface area contributed by atoms with Crippen molar-refractivity contribution in [2.45, 2.75) is 213 Å². The summed E-state index contributed by atoms with van der Waals surface area (Å²) < 4.78 is 34.0. The molecule has 0 aliphatic heterocycles. The molecule has 0 N–H and O–H groups in total. The van der Waals surface area contributed by atoms with E-state index in [-0.39, 0.29) is 26.1 Å². The lowest BCUT2D eigenvalue weighted by atomic mass is 10.0. The number of carbonyl (C=O) groups is 2. The number of phosphoric ester groups is 1. The van der Waals surface area contributed by atoms with Crippen LogP contribution in [0.2, 0.25) is 0 Å². The second kappa shape index (κ2) is 50.6. The highest BCUT2D eigenvalue weighted by molar-refractivity contribution is 7.45. The highest BCUT2D eigenvalue weighted by atomic mass is 31.2. The van der Waals surface area contributed by atoms with Crippen molar-refractivity contribution in [2.75, 3.05) is 47.5 Å². The zero-order chi connectivity index (χ0) is 51.3. The maximum Gasteiger partial charge on any atom is 0.306 e. The monoisotopic (exact) mass is 996 g/mol. The van der Waals surface area contributed by atoms with Gasteiger partial charge in [-0.3, -0.25) is 14.2 Å². The molecule has 0 fully saturated rings. The third-order valence-electron chi connectivity index (χ3n) is 11.3. The smallest absolute Gasteiger partial charge is 0.306 e. The average Bonchev–Trinajstić information content (AvgIpc) is 3.32. The van der Waals surface area contributed by atoms with Crippen LogP contribution in [0.3, 0.4) is 0 Å². The third-order valence-corrected chi connectivity index (χ3v) is 12.3. The van der Waals surface area contributed by atoms with Crippen molar-refractivity contribution in [1.29, 1.82) is 0 Å².